The fourth-order valence-corrected chi connectivity index (χ4v) is 2.84. The Labute approximate surface area is 108 Å². The van der Waals surface area contributed by atoms with Gasteiger partial charge >= 0.3 is 6.09 Å². The van der Waals surface area contributed by atoms with Crippen LogP contribution in [-0.2, 0) is 4.74 Å². The Kier molecular flexibility index (Phi) is 2.79. The van der Waals surface area contributed by atoms with Gasteiger partial charge in [0.15, 0.2) is 5.13 Å². The van der Waals surface area contributed by atoms with Crippen LogP contribution < -0.4 is 9.64 Å². The van der Waals surface area contributed by atoms with Gasteiger partial charge in [-0.25, -0.2) is 14.7 Å². The molecule has 0 N–H and O–H groups in total. The van der Waals surface area contributed by atoms with Crippen molar-refractivity contribution in [3.05, 3.63) is 18.2 Å². The molecule has 18 heavy (non-hydrogen) atoms. The molecule has 5 nitrogen and oxygen atoms in total. The number of cyclic esters (lactones) is 1. The highest BCUT2D eigenvalue weighted by Crippen LogP contribution is 2.32. The highest BCUT2D eigenvalue weighted by molar-refractivity contribution is 7.22. The number of thiazole rings is 1. The number of fused-ring (bicyclic) bond motifs is 1. The van der Waals surface area contributed by atoms with Crippen LogP contribution in [0.25, 0.3) is 10.2 Å². The van der Waals surface area contributed by atoms with Gasteiger partial charge in [-0.1, -0.05) is 11.3 Å². The minimum absolute atomic E-state index is 0.320. The standard InChI is InChI=1S/C12H12N2O3S/c1-2-16-8-3-4-9-10(7-8)18-11(13-9)14-5-6-17-12(14)15/h3-4,7H,2,5-6H2,1H3. The zero-order valence-corrected chi connectivity index (χ0v) is 10.7. The number of hydrogen-bond donors (Lipinski definition) is 0. The zero-order chi connectivity index (χ0) is 12.5. The average Bonchev–Trinajstić information content (AvgIpc) is 2.94. The molecule has 0 unspecified atom stereocenters. The predicted molar refractivity (Wildman–Crippen MR) is 69.5 cm³/mol. The Morgan fingerprint density at radius 1 is 1.56 bits per heavy atom. The first-order valence-corrected chi connectivity index (χ1v) is 6.57. The Morgan fingerprint density at radius 2 is 2.44 bits per heavy atom. The van der Waals surface area contributed by atoms with E-state index in [1.54, 1.807) is 4.90 Å². The van der Waals surface area contributed by atoms with Crippen LogP contribution in [0, 0.1) is 0 Å². The summed E-state index contributed by atoms with van der Waals surface area (Å²) in [7, 11) is 0. The largest absolute Gasteiger partial charge is 0.494 e. The molecule has 0 aliphatic carbocycles. The van der Waals surface area contributed by atoms with E-state index in [4.69, 9.17) is 9.47 Å². The summed E-state index contributed by atoms with van der Waals surface area (Å²) in [6.45, 7) is 3.58. The van der Waals surface area contributed by atoms with Gasteiger partial charge in [-0.2, -0.15) is 0 Å². The summed E-state index contributed by atoms with van der Waals surface area (Å²) in [4.78, 5) is 17.5. The average molecular weight is 264 g/mol. The summed E-state index contributed by atoms with van der Waals surface area (Å²) in [6.07, 6.45) is -0.320. The Morgan fingerprint density at radius 3 is 3.17 bits per heavy atom. The normalized spacial score (nSPS) is 15.2. The van der Waals surface area contributed by atoms with Gasteiger partial charge in [0.25, 0.3) is 0 Å². The van der Waals surface area contributed by atoms with Crippen LogP contribution in [0.4, 0.5) is 9.93 Å². The third-order valence-corrected chi connectivity index (χ3v) is 3.69. The van der Waals surface area contributed by atoms with E-state index >= 15 is 0 Å². The number of carbonyl (C=O) groups excluding carboxylic acids is 1. The van der Waals surface area contributed by atoms with E-state index in [9.17, 15) is 4.79 Å². The van der Waals surface area contributed by atoms with E-state index < -0.39 is 0 Å². The number of aromatic nitrogens is 1. The highest BCUT2D eigenvalue weighted by atomic mass is 32.1. The molecule has 0 bridgehead atoms. The number of carbonyl (C=O) groups is 1. The number of ether oxygens (including phenoxy) is 2. The topological polar surface area (TPSA) is 51.7 Å². The Balaban J connectivity index is 1.97. The lowest BCUT2D eigenvalue weighted by Gasteiger charge is -2.06. The highest BCUT2D eigenvalue weighted by Gasteiger charge is 2.26. The van der Waals surface area contributed by atoms with Crippen molar-refractivity contribution in [2.45, 2.75) is 6.92 Å². The molecule has 1 aromatic heterocycles. The van der Waals surface area contributed by atoms with E-state index in [2.05, 4.69) is 4.98 Å². The van der Waals surface area contributed by atoms with Crippen molar-refractivity contribution in [2.24, 2.45) is 0 Å². The van der Waals surface area contributed by atoms with Crippen LogP contribution in [0.2, 0.25) is 0 Å². The van der Waals surface area contributed by atoms with Gasteiger partial charge in [0.2, 0.25) is 0 Å². The maximum absolute atomic E-state index is 11.5. The first-order valence-electron chi connectivity index (χ1n) is 5.75. The predicted octanol–water partition coefficient (Wildman–Crippen LogP) is 2.65. The van der Waals surface area contributed by atoms with E-state index in [1.165, 1.54) is 11.3 Å². The van der Waals surface area contributed by atoms with Crippen molar-refractivity contribution in [3.8, 4) is 5.75 Å². The molecule has 6 heteroatoms. The Hall–Kier alpha value is -1.82. The molecule has 0 saturated carbocycles. The fourth-order valence-electron chi connectivity index (χ4n) is 1.83. The van der Waals surface area contributed by atoms with Crippen LogP contribution in [0.15, 0.2) is 18.2 Å². The van der Waals surface area contributed by atoms with Crippen LogP contribution in [0.1, 0.15) is 6.92 Å². The number of amides is 1. The Bertz CT molecular complexity index is 596. The van der Waals surface area contributed by atoms with E-state index in [0.717, 1.165) is 16.0 Å². The second kappa shape index (κ2) is 4.45. The number of rotatable bonds is 3. The molecule has 1 aromatic carbocycles. The first-order chi connectivity index (χ1) is 8.78. The van der Waals surface area contributed by atoms with Gasteiger partial charge in [-0.15, -0.1) is 0 Å². The summed E-state index contributed by atoms with van der Waals surface area (Å²) in [5.74, 6) is 0.823. The smallest absolute Gasteiger partial charge is 0.416 e. The molecular weight excluding hydrogens is 252 g/mol. The third kappa shape index (κ3) is 1.88. The van der Waals surface area contributed by atoms with Gasteiger partial charge in [0.1, 0.15) is 12.4 Å². The van der Waals surface area contributed by atoms with Gasteiger partial charge in [-0.05, 0) is 25.1 Å². The van der Waals surface area contributed by atoms with Crippen molar-refractivity contribution in [3.63, 3.8) is 0 Å². The molecule has 0 atom stereocenters. The molecule has 2 heterocycles. The molecule has 1 aliphatic rings. The van der Waals surface area contributed by atoms with Gasteiger partial charge in [0.05, 0.1) is 23.4 Å². The summed E-state index contributed by atoms with van der Waals surface area (Å²) >= 11 is 1.47. The fraction of sp³-hybridized carbons (Fsp3) is 0.333. The molecule has 0 radical (unpaired) electrons. The minimum Gasteiger partial charge on any atom is -0.494 e. The van der Waals surface area contributed by atoms with E-state index in [1.807, 2.05) is 25.1 Å². The van der Waals surface area contributed by atoms with Gasteiger partial charge in [0, 0.05) is 0 Å². The molecule has 0 spiro atoms. The number of benzene rings is 1. The molecular formula is C12H12N2O3S. The molecule has 1 amide bonds. The molecule has 1 fully saturated rings. The van der Waals surface area contributed by atoms with Crippen LogP contribution >= 0.6 is 11.3 Å². The van der Waals surface area contributed by atoms with Crippen molar-refractivity contribution >= 4 is 32.8 Å². The second-order valence-corrected chi connectivity index (χ2v) is 4.83. The van der Waals surface area contributed by atoms with Crippen LogP contribution in [0.3, 0.4) is 0 Å². The number of hydrogen-bond acceptors (Lipinski definition) is 5. The monoisotopic (exact) mass is 264 g/mol. The quantitative estimate of drug-likeness (QED) is 0.855. The lowest BCUT2D eigenvalue weighted by Crippen LogP contribution is -2.22. The molecule has 2 aromatic rings. The van der Waals surface area contributed by atoms with Crippen molar-refractivity contribution in [2.75, 3.05) is 24.7 Å². The number of nitrogens with zero attached hydrogens (tertiary/aromatic N) is 2. The van der Waals surface area contributed by atoms with Crippen molar-refractivity contribution in [1.29, 1.82) is 0 Å². The lowest BCUT2D eigenvalue weighted by molar-refractivity contribution is 0.181. The molecule has 1 saturated heterocycles. The maximum Gasteiger partial charge on any atom is 0.416 e. The molecule has 1 aliphatic heterocycles. The SMILES string of the molecule is CCOc1ccc2nc(N3CCOC3=O)sc2c1. The summed E-state index contributed by atoms with van der Waals surface area (Å²) in [5.41, 5.74) is 0.873. The lowest BCUT2D eigenvalue weighted by atomic mass is 10.3. The molecule has 3 rings (SSSR count). The third-order valence-electron chi connectivity index (χ3n) is 2.65. The van der Waals surface area contributed by atoms with Crippen LogP contribution in [-0.4, -0.2) is 30.8 Å². The van der Waals surface area contributed by atoms with Crippen LogP contribution in [0.5, 0.6) is 5.75 Å². The second-order valence-electron chi connectivity index (χ2n) is 3.82. The first kappa shape index (κ1) is 11.3. The van der Waals surface area contributed by atoms with Gasteiger partial charge in [-0.3, -0.25) is 0 Å². The van der Waals surface area contributed by atoms with Gasteiger partial charge < -0.3 is 9.47 Å². The maximum atomic E-state index is 11.5. The van der Waals surface area contributed by atoms with Crippen molar-refractivity contribution in [1.82, 2.24) is 4.98 Å². The van der Waals surface area contributed by atoms with Crippen molar-refractivity contribution < 1.29 is 14.3 Å². The summed E-state index contributed by atoms with van der Waals surface area (Å²) < 4.78 is 11.4. The van der Waals surface area contributed by atoms with E-state index in [0.29, 0.717) is 24.9 Å². The zero-order valence-electron chi connectivity index (χ0n) is 9.88. The van der Waals surface area contributed by atoms with E-state index in [-0.39, 0.29) is 6.09 Å². The number of anilines is 1. The summed E-state index contributed by atoms with van der Waals surface area (Å²) in [6, 6.07) is 5.74. The minimum atomic E-state index is -0.320. The summed E-state index contributed by atoms with van der Waals surface area (Å²) in [5, 5.41) is 0.682. The molecule has 94 valence electrons.